The van der Waals surface area contributed by atoms with Crippen LogP contribution in [0, 0.1) is 0 Å². The summed E-state index contributed by atoms with van der Waals surface area (Å²) in [6, 6.07) is 2.26. The van der Waals surface area contributed by atoms with Crippen LogP contribution in [-0.4, -0.2) is 13.5 Å². The minimum atomic E-state index is -3.79. The van der Waals surface area contributed by atoms with Gasteiger partial charge in [-0.15, -0.1) is 0 Å². The SMILES string of the molecule is NS(=O)(=O)c1cc(Cl)c(O)c(Br)c1. The van der Waals surface area contributed by atoms with Gasteiger partial charge in [-0.05, 0) is 28.1 Å². The van der Waals surface area contributed by atoms with E-state index in [1.807, 2.05) is 0 Å². The molecule has 1 rings (SSSR count). The predicted molar refractivity (Wildman–Crippen MR) is 52.2 cm³/mol. The molecule has 0 aromatic heterocycles. The molecule has 0 saturated carbocycles. The van der Waals surface area contributed by atoms with Crippen molar-refractivity contribution < 1.29 is 13.5 Å². The molecule has 72 valence electrons. The summed E-state index contributed by atoms with van der Waals surface area (Å²) < 4.78 is 21.9. The van der Waals surface area contributed by atoms with Crippen molar-refractivity contribution in [1.82, 2.24) is 0 Å². The van der Waals surface area contributed by atoms with E-state index >= 15 is 0 Å². The maximum absolute atomic E-state index is 10.9. The lowest BCUT2D eigenvalue weighted by Gasteiger charge is -2.03. The number of halogens is 2. The Bertz CT molecular complexity index is 422. The standard InChI is InChI=1S/C6H5BrClNO3S/c7-4-1-3(13(9,11)12)2-5(8)6(4)10/h1-2,10H,(H2,9,11,12). The van der Waals surface area contributed by atoms with Crippen molar-refractivity contribution in [3.05, 3.63) is 21.6 Å². The summed E-state index contributed by atoms with van der Waals surface area (Å²) in [4.78, 5) is -0.151. The highest BCUT2D eigenvalue weighted by molar-refractivity contribution is 9.10. The Kier molecular flexibility index (Phi) is 2.86. The van der Waals surface area contributed by atoms with E-state index in [-0.39, 0.29) is 20.1 Å². The first-order valence-corrected chi connectivity index (χ1v) is 5.75. The zero-order valence-corrected chi connectivity index (χ0v) is 9.32. The van der Waals surface area contributed by atoms with Gasteiger partial charge in [-0.1, -0.05) is 11.6 Å². The Balaban J connectivity index is 3.47. The summed E-state index contributed by atoms with van der Waals surface area (Å²) in [5, 5.41) is 14.0. The Morgan fingerprint density at radius 3 is 2.38 bits per heavy atom. The second-order valence-corrected chi connectivity index (χ2v) is 5.10. The Labute approximate surface area is 88.5 Å². The maximum Gasteiger partial charge on any atom is 0.238 e. The molecule has 0 saturated heterocycles. The molecule has 0 unspecified atom stereocenters. The highest BCUT2D eigenvalue weighted by atomic mass is 79.9. The number of benzene rings is 1. The molecule has 3 N–H and O–H groups in total. The minimum absolute atomic E-state index is 0.0709. The lowest BCUT2D eigenvalue weighted by atomic mass is 10.3. The summed E-state index contributed by atoms with van der Waals surface area (Å²) in [5.74, 6) is -0.214. The Hall–Kier alpha value is -0.300. The Morgan fingerprint density at radius 2 is 2.00 bits per heavy atom. The molecule has 0 aliphatic rings. The van der Waals surface area contributed by atoms with Gasteiger partial charge >= 0.3 is 0 Å². The molecule has 0 radical (unpaired) electrons. The van der Waals surface area contributed by atoms with Crippen molar-refractivity contribution in [1.29, 1.82) is 0 Å². The van der Waals surface area contributed by atoms with Gasteiger partial charge in [0, 0.05) is 0 Å². The van der Waals surface area contributed by atoms with Crippen LogP contribution in [0.15, 0.2) is 21.5 Å². The summed E-state index contributed by atoms with van der Waals surface area (Å²) in [5.41, 5.74) is 0. The fourth-order valence-electron chi connectivity index (χ4n) is 0.707. The number of nitrogens with two attached hydrogens (primary N) is 1. The summed E-state index contributed by atoms with van der Waals surface area (Å²) >= 11 is 8.46. The first kappa shape index (κ1) is 10.8. The van der Waals surface area contributed by atoms with E-state index in [0.29, 0.717) is 0 Å². The van der Waals surface area contributed by atoms with Gasteiger partial charge in [-0.3, -0.25) is 0 Å². The van der Waals surface area contributed by atoms with E-state index in [2.05, 4.69) is 15.9 Å². The fraction of sp³-hybridized carbons (Fsp3) is 0. The number of hydrogen-bond acceptors (Lipinski definition) is 3. The monoisotopic (exact) mass is 285 g/mol. The van der Waals surface area contributed by atoms with Crippen molar-refractivity contribution in [2.45, 2.75) is 4.90 Å². The number of rotatable bonds is 1. The van der Waals surface area contributed by atoms with Gasteiger partial charge < -0.3 is 5.11 Å². The van der Waals surface area contributed by atoms with Crippen molar-refractivity contribution in [2.75, 3.05) is 0 Å². The average molecular weight is 287 g/mol. The second-order valence-electron chi connectivity index (χ2n) is 2.28. The van der Waals surface area contributed by atoms with Crippen LogP contribution in [0.3, 0.4) is 0 Å². The zero-order valence-electron chi connectivity index (χ0n) is 6.16. The van der Waals surface area contributed by atoms with Crippen molar-refractivity contribution >= 4 is 37.6 Å². The molecule has 13 heavy (non-hydrogen) atoms. The van der Waals surface area contributed by atoms with Gasteiger partial charge in [-0.2, -0.15) is 0 Å². The summed E-state index contributed by atoms with van der Waals surface area (Å²) in [7, 11) is -3.79. The Morgan fingerprint density at radius 1 is 1.46 bits per heavy atom. The molecule has 7 heteroatoms. The molecule has 1 aromatic carbocycles. The molecule has 0 atom stereocenters. The van der Waals surface area contributed by atoms with Gasteiger partial charge in [0.1, 0.15) is 5.75 Å². The van der Waals surface area contributed by atoms with Gasteiger partial charge in [0.15, 0.2) is 0 Å². The fourth-order valence-corrected chi connectivity index (χ4v) is 2.28. The molecular formula is C6H5BrClNO3S. The molecule has 0 aliphatic heterocycles. The van der Waals surface area contributed by atoms with Crippen LogP contribution in [0.5, 0.6) is 5.75 Å². The largest absolute Gasteiger partial charge is 0.505 e. The van der Waals surface area contributed by atoms with E-state index in [4.69, 9.17) is 16.7 Å². The molecule has 0 aliphatic carbocycles. The van der Waals surface area contributed by atoms with E-state index in [9.17, 15) is 13.5 Å². The molecule has 0 amide bonds. The van der Waals surface area contributed by atoms with Crippen LogP contribution < -0.4 is 5.14 Å². The number of aromatic hydroxyl groups is 1. The van der Waals surface area contributed by atoms with Crippen LogP contribution in [-0.2, 0) is 10.0 Å². The molecule has 0 heterocycles. The third-order valence-electron chi connectivity index (χ3n) is 1.32. The first-order chi connectivity index (χ1) is 5.82. The normalized spacial score (nSPS) is 11.6. The average Bonchev–Trinajstić information content (AvgIpc) is 1.97. The molecule has 1 aromatic rings. The lowest BCUT2D eigenvalue weighted by molar-refractivity contribution is 0.471. The molecule has 0 bridgehead atoms. The van der Waals surface area contributed by atoms with Gasteiger partial charge in [-0.25, -0.2) is 13.6 Å². The number of hydrogen-bond donors (Lipinski definition) is 2. The van der Waals surface area contributed by atoms with Crippen molar-refractivity contribution in [2.24, 2.45) is 5.14 Å². The maximum atomic E-state index is 10.9. The van der Waals surface area contributed by atoms with Gasteiger partial charge in [0.25, 0.3) is 0 Å². The topological polar surface area (TPSA) is 80.4 Å². The quantitative estimate of drug-likeness (QED) is 0.820. The number of phenols is 1. The summed E-state index contributed by atoms with van der Waals surface area (Å²) in [6.45, 7) is 0. The van der Waals surface area contributed by atoms with Crippen molar-refractivity contribution in [3.8, 4) is 5.75 Å². The zero-order chi connectivity index (χ0) is 10.2. The number of phenolic OH excluding ortho intramolecular Hbond substituents is 1. The smallest absolute Gasteiger partial charge is 0.238 e. The van der Waals surface area contributed by atoms with Crippen LogP contribution >= 0.6 is 27.5 Å². The predicted octanol–water partition coefficient (Wildman–Crippen LogP) is 1.46. The lowest BCUT2D eigenvalue weighted by Crippen LogP contribution is -2.12. The van der Waals surface area contributed by atoms with Gasteiger partial charge in [0.2, 0.25) is 10.0 Å². The third-order valence-corrected chi connectivity index (χ3v) is 3.10. The van der Waals surface area contributed by atoms with Crippen LogP contribution in [0.2, 0.25) is 5.02 Å². The van der Waals surface area contributed by atoms with E-state index in [1.54, 1.807) is 0 Å². The molecule has 0 spiro atoms. The molecule has 0 fully saturated rings. The van der Waals surface area contributed by atoms with Gasteiger partial charge in [0.05, 0.1) is 14.4 Å². The highest BCUT2D eigenvalue weighted by Crippen LogP contribution is 2.33. The van der Waals surface area contributed by atoms with Crippen LogP contribution in [0.1, 0.15) is 0 Å². The van der Waals surface area contributed by atoms with E-state index in [1.165, 1.54) is 6.07 Å². The first-order valence-electron chi connectivity index (χ1n) is 3.03. The third kappa shape index (κ3) is 2.34. The summed E-state index contributed by atoms with van der Waals surface area (Å²) in [6.07, 6.45) is 0. The molecular weight excluding hydrogens is 281 g/mol. The second kappa shape index (κ2) is 3.45. The van der Waals surface area contributed by atoms with Crippen LogP contribution in [0.4, 0.5) is 0 Å². The number of primary sulfonamides is 1. The van der Waals surface area contributed by atoms with Crippen molar-refractivity contribution in [3.63, 3.8) is 0 Å². The van der Waals surface area contributed by atoms with E-state index in [0.717, 1.165) is 6.07 Å². The minimum Gasteiger partial charge on any atom is -0.505 e. The highest BCUT2D eigenvalue weighted by Gasteiger charge is 2.13. The van der Waals surface area contributed by atoms with E-state index < -0.39 is 10.0 Å². The molecule has 4 nitrogen and oxygen atoms in total. The van der Waals surface area contributed by atoms with Crippen LogP contribution in [0.25, 0.3) is 0 Å². The number of sulfonamides is 1.